The molecule has 0 amide bonds. The maximum Gasteiger partial charge on any atom is 2.00 e. The summed E-state index contributed by atoms with van der Waals surface area (Å²) < 4.78 is 0. The van der Waals surface area contributed by atoms with E-state index in [1.807, 2.05) is 0 Å². The fourth-order valence-corrected chi connectivity index (χ4v) is 1.44. The molecule has 0 unspecified atom stereocenters. The van der Waals surface area contributed by atoms with Gasteiger partial charge in [-0.15, -0.1) is 0 Å². The molecule has 2 aliphatic rings. The predicted octanol–water partition coefficient (Wildman–Crippen LogP) is 3.53. The van der Waals surface area contributed by atoms with Crippen LogP contribution >= 0.6 is 0 Å². The van der Waals surface area contributed by atoms with E-state index in [1.54, 1.807) is 0 Å². The quantitative estimate of drug-likeness (QED) is 0.417. The zero-order chi connectivity index (χ0) is 7.07. The van der Waals surface area contributed by atoms with Crippen LogP contribution in [0.5, 0.6) is 0 Å². The average Bonchev–Trinajstić information content (AvgIpc) is 2.67. The first-order valence-electron chi connectivity index (χ1n) is 4.63. The van der Waals surface area contributed by atoms with Crippen LogP contribution in [0.3, 0.4) is 0 Å². The molecule has 0 atom stereocenters. The Bertz CT molecular complexity index is 38.1. The third-order valence-electron chi connectivity index (χ3n) is 2.13. The summed E-state index contributed by atoms with van der Waals surface area (Å²) in [5.41, 5.74) is 0. The maximum absolute atomic E-state index is 2.36. The van der Waals surface area contributed by atoms with E-state index in [1.165, 1.54) is 51.4 Å². The van der Waals surface area contributed by atoms with Crippen molar-refractivity contribution in [2.24, 2.45) is 0 Å². The second-order valence-corrected chi connectivity index (χ2v) is 3.15. The monoisotopic (exact) mass is 202 g/mol. The SMILES string of the molecule is [CH-]1CCCC1.[CH-]1CCCC1.[Zn+2]. The molecule has 2 saturated carbocycles. The maximum atomic E-state index is 2.36. The van der Waals surface area contributed by atoms with Crippen molar-refractivity contribution in [2.45, 2.75) is 51.4 Å². The molecule has 0 spiro atoms. The van der Waals surface area contributed by atoms with Crippen LogP contribution in [0.2, 0.25) is 0 Å². The molecule has 0 saturated heterocycles. The summed E-state index contributed by atoms with van der Waals surface area (Å²) in [7, 11) is 0. The molecule has 2 rings (SSSR count). The van der Waals surface area contributed by atoms with Gasteiger partial charge < -0.3 is 12.8 Å². The summed E-state index contributed by atoms with van der Waals surface area (Å²) in [6.07, 6.45) is 16.0. The second-order valence-electron chi connectivity index (χ2n) is 3.15. The molecular weight excluding hydrogens is 185 g/mol. The molecule has 0 aliphatic heterocycles. The Morgan fingerprint density at radius 3 is 0.909 bits per heavy atom. The molecular formula is C10H18Zn. The molecule has 0 radical (unpaired) electrons. The second kappa shape index (κ2) is 8.72. The summed E-state index contributed by atoms with van der Waals surface area (Å²) in [5, 5.41) is 0. The predicted molar refractivity (Wildman–Crippen MR) is 45.5 cm³/mol. The van der Waals surface area contributed by atoms with Gasteiger partial charge in [0.2, 0.25) is 0 Å². The summed E-state index contributed by atoms with van der Waals surface area (Å²) >= 11 is 0. The molecule has 60 valence electrons. The topological polar surface area (TPSA) is 0 Å². The van der Waals surface area contributed by atoms with Crippen molar-refractivity contribution in [3.63, 3.8) is 0 Å². The largest absolute Gasteiger partial charge is 2.00 e. The molecule has 2 fully saturated rings. The van der Waals surface area contributed by atoms with Crippen molar-refractivity contribution in [2.75, 3.05) is 0 Å². The van der Waals surface area contributed by atoms with Crippen molar-refractivity contribution in [1.82, 2.24) is 0 Å². The van der Waals surface area contributed by atoms with Crippen molar-refractivity contribution in [3.05, 3.63) is 12.8 Å². The summed E-state index contributed by atoms with van der Waals surface area (Å²) in [6, 6.07) is 0. The van der Waals surface area contributed by atoms with Gasteiger partial charge in [0.15, 0.2) is 0 Å². The smallest absolute Gasteiger partial charge is 0.328 e. The standard InChI is InChI=1S/2C5H9.Zn/c2*1-2-4-5-3-1;/h2*1H,2-5H2;/q2*-1;+2. The van der Waals surface area contributed by atoms with E-state index in [9.17, 15) is 0 Å². The van der Waals surface area contributed by atoms with Crippen LogP contribution in [0.1, 0.15) is 51.4 Å². The molecule has 0 nitrogen and oxygen atoms in total. The number of hydrogen-bond acceptors (Lipinski definition) is 0. The Balaban J connectivity index is 0.000000167. The van der Waals surface area contributed by atoms with Crippen LogP contribution in [0.15, 0.2) is 0 Å². The van der Waals surface area contributed by atoms with Crippen LogP contribution in [0.4, 0.5) is 0 Å². The van der Waals surface area contributed by atoms with E-state index >= 15 is 0 Å². The Morgan fingerprint density at radius 2 is 0.818 bits per heavy atom. The van der Waals surface area contributed by atoms with Crippen molar-refractivity contribution in [3.8, 4) is 0 Å². The van der Waals surface area contributed by atoms with Gasteiger partial charge in [0.25, 0.3) is 0 Å². The van der Waals surface area contributed by atoms with E-state index in [0.29, 0.717) is 0 Å². The first-order valence-corrected chi connectivity index (χ1v) is 4.63. The van der Waals surface area contributed by atoms with E-state index in [4.69, 9.17) is 0 Å². The molecule has 1 heteroatoms. The normalized spacial score (nSPS) is 21.8. The minimum absolute atomic E-state index is 0. The third kappa shape index (κ3) is 7.00. The fraction of sp³-hybridized carbons (Fsp3) is 0.800. The van der Waals surface area contributed by atoms with Gasteiger partial charge in [-0.2, -0.15) is 25.7 Å². The zero-order valence-corrected chi connectivity index (χ0v) is 10.5. The Labute approximate surface area is 83.9 Å². The van der Waals surface area contributed by atoms with Gasteiger partial charge in [-0.1, -0.05) is 25.7 Å². The van der Waals surface area contributed by atoms with Gasteiger partial charge in [-0.3, -0.25) is 0 Å². The average molecular weight is 204 g/mol. The van der Waals surface area contributed by atoms with E-state index < -0.39 is 0 Å². The fourth-order valence-electron chi connectivity index (χ4n) is 1.44. The molecule has 0 aromatic heterocycles. The van der Waals surface area contributed by atoms with Gasteiger partial charge in [-0.25, -0.2) is 0 Å². The van der Waals surface area contributed by atoms with Crippen LogP contribution in [-0.4, -0.2) is 0 Å². The van der Waals surface area contributed by atoms with Crippen molar-refractivity contribution < 1.29 is 19.5 Å². The minimum Gasteiger partial charge on any atom is -0.328 e. The first kappa shape index (κ1) is 11.6. The minimum atomic E-state index is 0. The molecule has 0 aromatic rings. The summed E-state index contributed by atoms with van der Waals surface area (Å²) in [4.78, 5) is 0. The van der Waals surface area contributed by atoms with Crippen LogP contribution in [-0.2, 0) is 19.5 Å². The van der Waals surface area contributed by atoms with Gasteiger partial charge >= 0.3 is 19.5 Å². The first-order chi connectivity index (χ1) is 5.00. The van der Waals surface area contributed by atoms with E-state index in [0.717, 1.165) is 0 Å². The summed E-state index contributed by atoms with van der Waals surface area (Å²) in [6.45, 7) is 0. The molecule has 0 N–H and O–H groups in total. The van der Waals surface area contributed by atoms with Crippen molar-refractivity contribution in [1.29, 1.82) is 0 Å². The van der Waals surface area contributed by atoms with Crippen LogP contribution in [0.25, 0.3) is 0 Å². The molecule has 0 heterocycles. The number of hydrogen-bond donors (Lipinski definition) is 0. The van der Waals surface area contributed by atoms with Gasteiger partial charge in [0.1, 0.15) is 0 Å². The molecule has 2 aliphatic carbocycles. The Hall–Kier alpha value is 0.623. The van der Waals surface area contributed by atoms with E-state index in [-0.39, 0.29) is 19.5 Å². The molecule has 0 aromatic carbocycles. The van der Waals surface area contributed by atoms with Gasteiger partial charge in [0, 0.05) is 0 Å². The molecule has 11 heavy (non-hydrogen) atoms. The Kier molecular flexibility index (Phi) is 9.21. The van der Waals surface area contributed by atoms with Crippen LogP contribution in [0, 0.1) is 12.8 Å². The number of rotatable bonds is 0. The Morgan fingerprint density at radius 1 is 0.545 bits per heavy atom. The van der Waals surface area contributed by atoms with Crippen molar-refractivity contribution >= 4 is 0 Å². The van der Waals surface area contributed by atoms with Crippen LogP contribution < -0.4 is 0 Å². The summed E-state index contributed by atoms with van der Waals surface area (Å²) in [5.74, 6) is 0. The van der Waals surface area contributed by atoms with E-state index in [2.05, 4.69) is 12.8 Å². The zero-order valence-electron chi connectivity index (χ0n) is 7.52. The third-order valence-corrected chi connectivity index (χ3v) is 2.13. The van der Waals surface area contributed by atoms with Gasteiger partial charge in [0.05, 0.1) is 0 Å². The van der Waals surface area contributed by atoms with Gasteiger partial charge in [-0.05, 0) is 0 Å². The molecule has 0 bridgehead atoms.